The molecule has 1 unspecified atom stereocenters. The van der Waals surface area contributed by atoms with Crippen molar-refractivity contribution in [3.05, 3.63) is 35.5 Å². The van der Waals surface area contributed by atoms with E-state index >= 15 is 0 Å². The third-order valence-electron chi connectivity index (χ3n) is 3.81. The molecule has 0 aliphatic carbocycles. The van der Waals surface area contributed by atoms with E-state index in [0.29, 0.717) is 18.5 Å². The molecule has 1 aliphatic rings. The van der Waals surface area contributed by atoms with Crippen LogP contribution in [0.5, 0.6) is 11.5 Å². The standard InChI is InChI=1S/C16H20N4O2/c1-18-15-7-12(19-16(17)20-15)6-10-5-11-3-4-13(21-2)8-14(11)22-9-10/h3-4,7-8,10H,5-6,9H2,1-2H3,(H3,17,18,19,20). The molecule has 1 aromatic carbocycles. The summed E-state index contributed by atoms with van der Waals surface area (Å²) >= 11 is 0. The van der Waals surface area contributed by atoms with E-state index in [-0.39, 0.29) is 0 Å². The van der Waals surface area contributed by atoms with Gasteiger partial charge in [0.15, 0.2) is 0 Å². The molecule has 0 fully saturated rings. The van der Waals surface area contributed by atoms with Crippen LogP contribution < -0.4 is 20.5 Å². The maximum Gasteiger partial charge on any atom is 0.222 e. The van der Waals surface area contributed by atoms with Crippen LogP contribution in [0.1, 0.15) is 11.3 Å². The van der Waals surface area contributed by atoms with Crippen LogP contribution in [0.2, 0.25) is 0 Å². The molecular weight excluding hydrogens is 280 g/mol. The van der Waals surface area contributed by atoms with Gasteiger partial charge in [-0.15, -0.1) is 0 Å². The fraction of sp³-hybridized carbons (Fsp3) is 0.375. The zero-order valence-corrected chi connectivity index (χ0v) is 12.8. The third-order valence-corrected chi connectivity index (χ3v) is 3.81. The summed E-state index contributed by atoms with van der Waals surface area (Å²) in [5, 5.41) is 3.00. The molecule has 3 N–H and O–H groups in total. The highest BCUT2D eigenvalue weighted by Gasteiger charge is 2.21. The molecule has 1 aliphatic heterocycles. The molecular formula is C16H20N4O2. The van der Waals surface area contributed by atoms with Crippen molar-refractivity contribution in [2.75, 3.05) is 31.8 Å². The Labute approximate surface area is 129 Å². The Kier molecular flexibility index (Phi) is 4.00. The van der Waals surface area contributed by atoms with E-state index in [1.165, 1.54) is 5.56 Å². The van der Waals surface area contributed by atoms with Gasteiger partial charge in [-0.3, -0.25) is 0 Å². The smallest absolute Gasteiger partial charge is 0.222 e. The van der Waals surface area contributed by atoms with Gasteiger partial charge in [0.1, 0.15) is 17.3 Å². The topological polar surface area (TPSA) is 82.3 Å². The van der Waals surface area contributed by atoms with E-state index in [4.69, 9.17) is 15.2 Å². The number of hydrogen-bond donors (Lipinski definition) is 2. The van der Waals surface area contributed by atoms with E-state index < -0.39 is 0 Å². The zero-order chi connectivity index (χ0) is 15.5. The van der Waals surface area contributed by atoms with Crippen molar-refractivity contribution in [2.24, 2.45) is 5.92 Å². The van der Waals surface area contributed by atoms with Crippen LogP contribution in [0.4, 0.5) is 11.8 Å². The number of methoxy groups -OCH3 is 1. The molecule has 116 valence electrons. The number of anilines is 2. The largest absolute Gasteiger partial charge is 0.497 e. The van der Waals surface area contributed by atoms with Gasteiger partial charge in [0.2, 0.25) is 5.95 Å². The lowest BCUT2D eigenvalue weighted by molar-refractivity contribution is 0.219. The molecule has 0 spiro atoms. The van der Waals surface area contributed by atoms with Gasteiger partial charge in [-0.25, -0.2) is 4.98 Å². The number of fused-ring (bicyclic) bond motifs is 1. The SMILES string of the molecule is CNc1cc(CC2COc3cc(OC)ccc3C2)nc(N)n1. The Bertz CT molecular complexity index is 675. The molecule has 6 heteroatoms. The second-order valence-electron chi connectivity index (χ2n) is 5.41. The summed E-state index contributed by atoms with van der Waals surface area (Å²) in [7, 11) is 3.48. The van der Waals surface area contributed by atoms with Crippen LogP contribution in [-0.4, -0.2) is 30.7 Å². The summed E-state index contributed by atoms with van der Waals surface area (Å²) in [5.41, 5.74) is 7.88. The summed E-state index contributed by atoms with van der Waals surface area (Å²) in [6, 6.07) is 7.90. The first kappa shape index (κ1) is 14.4. The van der Waals surface area contributed by atoms with E-state index in [1.807, 2.05) is 25.2 Å². The number of benzene rings is 1. The first-order valence-corrected chi connectivity index (χ1v) is 7.29. The Morgan fingerprint density at radius 3 is 3.00 bits per heavy atom. The fourth-order valence-corrected chi connectivity index (χ4v) is 2.72. The summed E-state index contributed by atoms with van der Waals surface area (Å²) in [5.74, 6) is 3.14. The van der Waals surface area contributed by atoms with Crippen molar-refractivity contribution in [1.29, 1.82) is 0 Å². The molecule has 1 atom stereocenters. The molecule has 3 rings (SSSR count). The van der Waals surface area contributed by atoms with Gasteiger partial charge >= 0.3 is 0 Å². The molecule has 1 aromatic heterocycles. The quantitative estimate of drug-likeness (QED) is 0.897. The van der Waals surface area contributed by atoms with Gasteiger partial charge in [-0.2, -0.15) is 4.98 Å². The molecule has 6 nitrogen and oxygen atoms in total. The van der Waals surface area contributed by atoms with Crippen LogP contribution in [0, 0.1) is 5.92 Å². The number of aromatic nitrogens is 2. The second-order valence-corrected chi connectivity index (χ2v) is 5.41. The zero-order valence-electron chi connectivity index (χ0n) is 12.8. The number of nitrogen functional groups attached to an aromatic ring is 1. The minimum atomic E-state index is 0.295. The first-order valence-electron chi connectivity index (χ1n) is 7.29. The van der Waals surface area contributed by atoms with Crippen molar-refractivity contribution >= 4 is 11.8 Å². The Balaban J connectivity index is 1.74. The molecule has 0 bridgehead atoms. The fourth-order valence-electron chi connectivity index (χ4n) is 2.72. The normalized spacial score (nSPS) is 16.5. The number of nitrogens with one attached hydrogen (secondary N) is 1. The molecule has 2 heterocycles. The van der Waals surface area contributed by atoms with Gasteiger partial charge in [0.05, 0.1) is 13.7 Å². The van der Waals surface area contributed by atoms with Crippen LogP contribution in [0.25, 0.3) is 0 Å². The van der Waals surface area contributed by atoms with Crippen molar-refractivity contribution in [1.82, 2.24) is 9.97 Å². The molecule has 0 amide bonds. The minimum Gasteiger partial charge on any atom is -0.497 e. The van der Waals surface area contributed by atoms with Crippen LogP contribution in [0.3, 0.4) is 0 Å². The number of nitrogens with zero attached hydrogens (tertiary/aromatic N) is 2. The molecule has 0 saturated heterocycles. The van der Waals surface area contributed by atoms with Crippen LogP contribution in [0.15, 0.2) is 24.3 Å². The van der Waals surface area contributed by atoms with Crippen LogP contribution >= 0.6 is 0 Å². The molecule has 0 radical (unpaired) electrons. The molecule has 0 saturated carbocycles. The van der Waals surface area contributed by atoms with E-state index in [2.05, 4.69) is 21.4 Å². The minimum absolute atomic E-state index is 0.295. The predicted molar refractivity (Wildman–Crippen MR) is 85.4 cm³/mol. The lowest BCUT2D eigenvalue weighted by Crippen LogP contribution is -2.23. The highest BCUT2D eigenvalue weighted by atomic mass is 16.5. The third kappa shape index (κ3) is 3.05. The number of ether oxygens (including phenoxy) is 2. The van der Waals surface area contributed by atoms with Crippen molar-refractivity contribution < 1.29 is 9.47 Å². The highest BCUT2D eigenvalue weighted by Crippen LogP contribution is 2.32. The Morgan fingerprint density at radius 2 is 2.23 bits per heavy atom. The van der Waals surface area contributed by atoms with Crippen LogP contribution in [-0.2, 0) is 12.8 Å². The highest BCUT2D eigenvalue weighted by molar-refractivity contribution is 5.43. The maximum absolute atomic E-state index is 5.87. The van der Waals surface area contributed by atoms with Gasteiger partial charge in [-0.05, 0) is 24.5 Å². The lowest BCUT2D eigenvalue weighted by atomic mass is 9.92. The first-order chi connectivity index (χ1) is 10.7. The van der Waals surface area contributed by atoms with Gasteiger partial charge in [0, 0.05) is 30.8 Å². The van der Waals surface area contributed by atoms with Crippen molar-refractivity contribution in [2.45, 2.75) is 12.8 Å². The summed E-state index contributed by atoms with van der Waals surface area (Å²) in [6.45, 7) is 0.666. The molecule has 22 heavy (non-hydrogen) atoms. The number of hydrogen-bond acceptors (Lipinski definition) is 6. The van der Waals surface area contributed by atoms with E-state index in [9.17, 15) is 0 Å². The van der Waals surface area contributed by atoms with Gasteiger partial charge in [0.25, 0.3) is 0 Å². The summed E-state index contributed by atoms with van der Waals surface area (Å²) in [6.07, 6.45) is 1.77. The maximum atomic E-state index is 5.87. The number of rotatable bonds is 4. The number of nitrogens with two attached hydrogens (primary N) is 1. The van der Waals surface area contributed by atoms with Crippen molar-refractivity contribution in [3.8, 4) is 11.5 Å². The van der Waals surface area contributed by atoms with E-state index in [1.54, 1.807) is 7.11 Å². The van der Waals surface area contributed by atoms with Gasteiger partial charge in [-0.1, -0.05) is 6.07 Å². The Morgan fingerprint density at radius 1 is 1.36 bits per heavy atom. The Hall–Kier alpha value is -2.50. The monoisotopic (exact) mass is 300 g/mol. The lowest BCUT2D eigenvalue weighted by Gasteiger charge is -2.25. The average Bonchev–Trinajstić information content (AvgIpc) is 2.53. The molecule has 2 aromatic rings. The van der Waals surface area contributed by atoms with E-state index in [0.717, 1.165) is 35.9 Å². The van der Waals surface area contributed by atoms with Crippen molar-refractivity contribution in [3.63, 3.8) is 0 Å². The predicted octanol–water partition coefficient (Wildman–Crippen LogP) is 1.90. The second kappa shape index (κ2) is 6.09. The average molecular weight is 300 g/mol. The summed E-state index contributed by atoms with van der Waals surface area (Å²) in [4.78, 5) is 8.42. The van der Waals surface area contributed by atoms with Gasteiger partial charge < -0.3 is 20.5 Å². The summed E-state index contributed by atoms with van der Waals surface area (Å²) < 4.78 is 11.1.